The van der Waals surface area contributed by atoms with Crippen LogP contribution < -0.4 is 10.7 Å². The summed E-state index contributed by atoms with van der Waals surface area (Å²) in [5.74, 6) is 5.45. The van der Waals surface area contributed by atoms with Gasteiger partial charge in [-0.25, -0.2) is 0 Å². The summed E-state index contributed by atoms with van der Waals surface area (Å²) in [5, 5.41) is 0. The van der Waals surface area contributed by atoms with E-state index in [1.165, 1.54) is 24.8 Å². The van der Waals surface area contributed by atoms with Gasteiger partial charge in [-0.3, -0.25) is 0 Å². The van der Waals surface area contributed by atoms with E-state index in [2.05, 4.69) is 195 Å². The third-order valence-electron chi connectivity index (χ3n) is 7.41. The van der Waals surface area contributed by atoms with Crippen molar-refractivity contribution < 1.29 is 0 Å². The van der Waals surface area contributed by atoms with Gasteiger partial charge in [0.1, 0.15) is 0 Å². The summed E-state index contributed by atoms with van der Waals surface area (Å²) in [6, 6.07) is 55.5. The summed E-state index contributed by atoms with van der Waals surface area (Å²) in [5.41, 5.74) is 6.31. The Hall–Kier alpha value is -3.14. The van der Waals surface area contributed by atoms with Gasteiger partial charge in [0.05, 0.1) is 0 Å². The summed E-state index contributed by atoms with van der Waals surface area (Å²) in [6.45, 7) is 6.95. The van der Waals surface area contributed by atoms with Gasteiger partial charge in [-0.15, -0.1) is 0 Å². The number of thioether (sulfide) groups is 2. The fourth-order valence-corrected chi connectivity index (χ4v) is 24.6. The summed E-state index contributed by atoms with van der Waals surface area (Å²) in [6.07, 6.45) is 4.78. The van der Waals surface area contributed by atoms with Crippen molar-refractivity contribution in [2.45, 2.75) is 31.1 Å². The summed E-state index contributed by atoms with van der Waals surface area (Å²) >= 11 is 0.0520. The Kier molecular flexibility index (Phi) is 12.1. The fraction of sp³-hybridized carbons (Fsp3) is 0.122. The number of hydrogen-bond donors (Lipinski definition) is 0. The first-order valence-corrected chi connectivity index (χ1v) is 26.6. The van der Waals surface area contributed by atoms with E-state index in [1.807, 2.05) is 23.5 Å². The molecular weight excluding hydrogens is 703 g/mol. The summed E-state index contributed by atoms with van der Waals surface area (Å²) < 4.78 is 5.84. The number of allylic oxidation sites excluding steroid dienone is 3. The summed E-state index contributed by atoms with van der Waals surface area (Å²) in [4.78, 5) is 1.13. The fourth-order valence-electron chi connectivity index (χ4n) is 5.27. The van der Waals surface area contributed by atoms with Crippen molar-refractivity contribution in [3.8, 4) is 11.5 Å². The minimum absolute atomic E-state index is 0.901. The van der Waals surface area contributed by atoms with Crippen LogP contribution in [-0.4, -0.2) is 26.5 Å². The van der Waals surface area contributed by atoms with Crippen LogP contribution in [0.25, 0.3) is 0 Å². The third kappa shape index (κ3) is 9.21. The first-order valence-electron chi connectivity index (χ1n) is 15.4. The van der Waals surface area contributed by atoms with Crippen LogP contribution in [0.2, 0.25) is 19.6 Å². The normalized spacial score (nSPS) is 12.3. The Bertz CT molecular complexity index is 1650. The van der Waals surface area contributed by atoms with Crippen molar-refractivity contribution in [1.82, 2.24) is 0 Å². The first kappa shape index (κ1) is 33.2. The Morgan fingerprint density at radius 3 is 1.31 bits per heavy atom. The molecule has 0 atom stereocenters. The molecule has 0 heterocycles. The SMILES string of the molecule is C[Si](C)(C)C#C/C(=C\C=[C](/SCc1ccccc1)[Sn]([c]1ccccc1)([c]1ccccc1)[c]1ccccc1)SCc1ccccc1. The van der Waals surface area contributed by atoms with Crippen LogP contribution in [-0.2, 0) is 11.5 Å². The molecule has 224 valence electrons. The summed E-state index contributed by atoms with van der Waals surface area (Å²) in [7, 11) is -1.57. The van der Waals surface area contributed by atoms with Gasteiger partial charge in [0.25, 0.3) is 0 Å². The molecule has 4 heteroatoms. The Morgan fingerprint density at radius 1 is 0.533 bits per heavy atom. The van der Waals surface area contributed by atoms with Crippen LogP contribution in [0, 0.1) is 11.5 Å². The predicted octanol–water partition coefficient (Wildman–Crippen LogP) is 9.21. The van der Waals surface area contributed by atoms with Gasteiger partial charge < -0.3 is 0 Å². The topological polar surface area (TPSA) is 0 Å². The quantitative estimate of drug-likeness (QED) is 0.0753. The van der Waals surface area contributed by atoms with E-state index >= 15 is 0 Å². The molecule has 0 aliphatic carbocycles. The van der Waals surface area contributed by atoms with Gasteiger partial charge in [-0.2, -0.15) is 0 Å². The standard InChI is InChI=1S/C23H25S2Si.3C6H5.Sn/c1-26(2,3)18-16-23(25-20-22-13-8-5-9-14-22)15-10-17-24-19-21-11-6-4-7-12-21;3*1-2-4-6-5-3-1;/h4-15H,19-20H2,1-3H3;3*1-5H;/b17-10?,23-15+;;;;. The van der Waals surface area contributed by atoms with Gasteiger partial charge in [-0.1, -0.05) is 0 Å². The molecular formula is C41H40S2SiSn. The van der Waals surface area contributed by atoms with E-state index in [4.69, 9.17) is 0 Å². The number of rotatable bonds is 11. The second-order valence-electron chi connectivity index (χ2n) is 12.0. The van der Waals surface area contributed by atoms with E-state index in [0.717, 1.165) is 16.4 Å². The van der Waals surface area contributed by atoms with E-state index in [0.29, 0.717) is 0 Å². The molecule has 0 radical (unpaired) electrons. The maximum atomic E-state index is 3.65. The average Bonchev–Trinajstić information content (AvgIpc) is 3.08. The molecule has 5 rings (SSSR count). The molecule has 0 amide bonds. The van der Waals surface area contributed by atoms with Crippen LogP contribution >= 0.6 is 23.5 Å². The Morgan fingerprint density at radius 2 is 0.911 bits per heavy atom. The molecule has 0 aliphatic rings. The monoisotopic (exact) mass is 744 g/mol. The molecule has 45 heavy (non-hydrogen) atoms. The molecule has 5 aromatic rings. The second kappa shape index (κ2) is 16.4. The van der Waals surface area contributed by atoms with Crippen LogP contribution in [0.4, 0.5) is 0 Å². The van der Waals surface area contributed by atoms with Crippen molar-refractivity contribution in [2.75, 3.05) is 0 Å². The second-order valence-corrected chi connectivity index (χ2v) is 30.5. The molecule has 0 N–H and O–H groups in total. The van der Waals surface area contributed by atoms with Gasteiger partial charge in [0.2, 0.25) is 0 Å². The first-order chi connectivity index (χ1) is 21.9. The average molecular weight is 744 g/mol. The Labute approximate surface area is 284 Å². The number of hydrogen-bond acceptors (Lipinski definition) is 2. The molecule has 0 nitrogen and oxygen atoms in total. The van der Waals surface area contributed by atoms with E-state index in [-0.39, 0.29) is 0 Å². The molecule has 0 aliphatic heterocycles. The van der Waals surface area contributed by atoms with Crippen LogP contribution in [0.5, 0.6) is 0 Å². The van der Waals surface area contributed by atoms with E-state index in [9.17, 15) is 0 Å². The molecule has 0 unspecified atom stereocenters. The molecule has 0 fully saturated rings. The van der Waals surface area contributed by atoms with E-state index in [1.54, 1.807) is 0 Å². The number of benzene rings is 5. The minimum atomic E-state index is -3.80. The van der Waals surface area contributed by atoms with Gasteiger partial charge in [-0.05, 0) is 0 Å². The van der Waals surface area contributed by atoms with Gasteiger partial charge >= 0.3 is 286 Å². The van der Waals surface area contributed by atoms with Gasteiger partial charge in [0.15, 0.2) is 0 Å². The van der Waals surface area contributed by atoms with Crippen molar-refractivity contribution >= 4 is 60.7 Å². The zero-order valence-electron chi connectivity index (χ0n) is 26.3. The zero-order valence-corrected chi connectivity index (χ0v) is 31.8. The van der Waals surface area contributed by atoms with Crippen molar-refractivity contribution in [1.29, 1.82) is 0 Å². The van der Waals surface area contributed by atoms with Crippen LogP contribution in [0.3, 0.4) is 0 Å². The molecule has 0 saturated heterocycles. The van der Waals surface area contributed by atoms with Gasteiger partial charge in [0, 0.05) is 0 Å². The molecule has 5 aromatic carbocycles. The Balaban J connectivity index is 1.73. The van der Waals surface area contributed by atoms with Crippen molar-refractivity contribution in [3.63, 3.8) is 0 Å². The maximum absolute atomic E-state index is 3.80. The van der Waals surface area contributed by atoms with Crippen LogP contribution in [0.1, 0.15) is 11.1 Å². The molecule has 0 spiro atoms. The third-order valence-corrected chi connectivity index (χ3v) is 26.4. The van der Waals surface area contributed by atoms with Crippen molar-refractivity contribution in [3.05, 3.63) is 183 Å². The molecule has 0 saturated carbocycles. The zero-order chi connectivity index (χ0) is 31.4. The van der Waals surface area contributed by atoms with E-state index < -0.39 is 26.5 Å². The van der Waals surface area contributed by atoms with Crippen molar-refractivity contribution in [2.24, 2.45) is 0 Å². The predicted molar refractivity (Wildman–Crippen MR) is 207 cm³/mol. The molecule has 0 aromatic heterocycles. The molecule has 0 bridgehead atoms. The van der Waals surface area contributed by atoms with Crippen LogP contribution in [0.15, 0.2) is 172 Å².